The second-order valence-corrected chi connectivity index (χ2v) is 5.70. The smallest absolute Gasteiger partial charge is 0.385 e. The average Bonchev–Trinajstić information content (AvgIpc) is 2.87. The molecule has 2 bridgehead atoms. The van der Waals surface area contributed by atoms with Gasteiger partial charge < -0.3 is 5.11 Å². The molecule has 104 valence electrons. The molecule has 0 aromatic heterocycles. The lowest BCUT2D eigenvalue weighted by Crippen LogP contribution is -2.32. The summed E-state index contributed by atoms with van der Waals surface area (Å²) in [5.41, 5.74) is -2.14. The maximum Gasteiger partial charge on any atom is 0.419 e. The van der Waals surface area contributed by atoms with Crippen LogP contribution in [0.15, 0.2) is 18.2 Å². The van der Waals surface area contributed by atoms with Gasteiger partial charge in [-0.1, -0.05) is 6.07 Å². The molecule has 0 radical (unpaired) electrons. The van der Waals surface area contributed by atoms with Gasteiger partial charge >= 0.3 is 6.18 Å². The van der Waals surface area contributed by atoms with Gasteiger partial charge in [-0.2, -0.15) is 13.2 Å². The van der Waals surface area contributed by atoms with Crippen LogP contribution in [0.5, 0.6) is 0 Å². The van der Waals surface area contributed by atoms with Gasteiger partial charge in [0.15, 0.2) is 0 Å². The topological polar surface area (TPSA) is 20.2 Å². The van der Waals surface area contributed by atoms with E-state index in [0.717, 1.165) is 31.4 Å². The Hall–Kier alpha value is -1.10. The van der Waals surface area contributed by atoms with Gasteiger partial charge in [0.1, 0.15) is 5.82 Å². The highest BCUT2D eigenvalue weighted by atomic mass is 19.4. The van der Waals surface area contributed by atoms with Crippen LogP contribution in [0.3, 0.4) is 0 Å². The summed E-state index contributed by atoms with van der Waals surface area (Å²) in [5.74, 6) is -0.838. The van der Waals surface area contributed by atoms with Gasteiger partial charge in [0.05, 0.1) is 11.2 Å². The van der Waals surface area contributed by atoms with Crippen molar-refractivity contribution >= 4 is 0 Å². The van der Waals surface area contributed by atoms with Crippen LogP contribution in [-0.4, -0.2) is 5.11 Å². The number of hydrogen-bond donors (Lipinski definition) is 1. The first-order valence-corrected chi connectivity index (χ1v) is 6.40. The van der Waals surface area contributed by atoms with E-state index >= 15 is 0 Å². The Balaban J connectivity index is 1.97. The molecule has 1 nitrogen and oxygen atoms in total. The van der Waals surface area contributed by atoms with Crippen molar-refractivity contribution in [2.45, 2.75) is 37.5 Å². The lowest BCUT2D eigenvalue weighted by Gasteiger charge is -2.33. The van der Waals surface area contributed by atoms with Crippen molar-refractivity contribution in [1.29, 1.82) is 0 Å². The summed E-state index contributed by atoms with van der Waals surface area (Å²) >= 11 is 0. The Morgan fingerprint density at radius 1 is 1.21 bits per heavy atom. The summed E-state index contributed by atoms with van der Waals surface area (Å²) in [6.07, 6.45) is -1.36. The number of aliphatic hydroxyl groups is 1. The molecular formula is C14H14F4O. The van der Waals surface area contributed by atoms with Crippen molar-refractivity contribution in [3.63, 3.8) is 0 Å². The first-order chi connectivity index (χ1) is 8.80. The largest absolute Gasteiger partial charge is 0.419 e. The minimum Gasteiger partial charge on any atom is -0.385 e. The third kappa shape index (κ3) is 1.95. The molecule has 1 aromatic rings. The average molecular weight is 274 g/mol. The molecule has 5 heteroatoms. The number of hydrogen-bond acceptors (Lipinski definition) is 1. The molecule has 0 amide bonds. The van der Waals surface area contributed by atoms with Crippen molar-refractivity contribution in [2.75, 3.05) is 0 Å². The van der Waals surface area contributed by atoms with E-state index in [-0.39, 0.29) is 11.5 Å². The number of alkyl halides is 3. The molecule has 0 spiro atoms. The SMILES string of the molecule is OC1(c2ccc(C(F)(F)F)c(F)c2)CC2CCC1C2. The molecule has 0 saturated heterocycles. The molecule has 1 aromatic carbocycles. The third-order valence-corrected chi connectivity index (χ3v) is 4.59. The van der Waals surface area contributed by atoms with Crippen molar-refractivity contribution in [1.82, 2.24) is 0 Å². The van der Waals surface area contributed by atoms with Crippen LogP contribution in [0, 0.1) is 17.7 Å². The fourth-order valence-electron chi connectivity index (χ4n) is 3.67. The fraction of sp³-hybridized carbons (Fsp3) is 0.571. The Morgan fingerprint density at radius 3 is 2.42 bits per heavy atom. The summed E-state index contributed by atoms with van der Waals surface area (Å²) in [7, 11) is 0. The summed E-state index contributed by atoms with van der Waals surface area (Å²) in [5, 5.41) is 10.6. The van der Waals surface area contributed by atoms with E-state index in [1.165, 1.54) is 6.07 Å². The van der Waals surface area contributed by atoms with E-state index in [1.807, 2.05) is 0 Å². The van der Waals surface area contributed by atoms with Gasteiger partial charge in [-0.15, -0.1) is 0 Å². The van der Waals surface area contributed by atoms with Crippen molar-refractivity contribution in [2.24, 2.45) is 11.8 Å². The highest BCUT2D eigenvalue weighted by molar-refractivity contribution is 5.32. The first kappa shape index (κ1) is 12.9. The van der Waals surface area contributed by atoms with Gasteiger partial charge in [-0.25, -0.2) is 4.39 Å². The zero-order valence-corrected chi connectivity index (χ0v) is 10.2. The van der Waals surface area contributed by atoms with Crippen LogP contribution in [-0.2, 0) is 11.8 Å². The lowest BCUT2D eigenvalue weighted by molar-refractivity contribution is -0.140. The van der Waals surface area contributed by atoms with Gasteiger partial charge in [0.25, 0.3) is 0 Å². The molecular weight excluding hydrogens is 260 g/mol. The minimum atomic E-state index is -4.69. The summed E-state index contributed by atoms with van der Waals surface area (Å²) in [6.45, 7) is 0. The zero-order valence-electron chi connectivity index (χ0n) is 10.2. The predicted molar refractivity (Wildman–Crippen MR) is 60.7 cm³/mol. The van der Waals surface area contributed by atoms with Crippen LogP contribution in [0.1, 0.15) is 36.8 Å². The summed E-state index contributed by atoms with van der Waals surface area (Å²) < 4.78 is 51.1. The molecule has 2 aliphatic rings. The molecule has 19 heavy (non-hydrogen) atoms. The van der Waals surface area contributed by atoms with Crippen molar-refractivity contribution in [3.8, 4) is 0 Å². The fourth-order valence-corrected chi connectivity index (χ4v) is 3.67. The molecule has 3 unspecified atom stereocenters. The van der Waals surface area contributed by atoms with E-state index in [1.54, 1.807) is 0 Å². The quantitative estimate of drug-likeness (QED) is 0.771. The van der Waals surface area contributed by atoms with E-state index in [2.05, 4.69) is 0 Å². The zero-order chi connectivity index (χ0) is 13.8. The molecule has 2 fully saturated rings. The molecule has 0 heterocycles. The summed E-state index contributed by atoms with van der Waals surface area (Å²) in [6, 6.07) is 2.80. The van der Waals surface area contributed by atoms with Crippen molar-refractivity contribution in [3.05, 3.63) is 35.1 Å². The third-order valence-electron chi connectivity index (χ3n) is 4.59. The Bertz CT molecular complexity index is 511. The van der Waals surface area contributed by atoms with Crippen LogP contribution >= 0.6 is 0 Å². The monoisotopic (exact) mass is 274 g/mol. The molecule has 3 rings (SSSR count). The highest BCUT2D eigenvalue weighted by Gasteiger charge is 2.51. The molecule has 0 aliphatic heterocycles. The number of benzene rings is 1. The van der Waals surface area contributed by atoms with Crippen LogP contribution in [0.4, 0.5) is 17.6 Å². The normalized spacial score (nSPS) is 33.9. The minimum absolute atomic E-state index is 0.0497. The first-order valence-electron chi connectivity index (χ1n) is 6.40. The van der Waals surface area contributed by atoms with E-state index in [9.17, 15) is 22.7 Å². The standard InChI is InChI=1S/C14H14F4O/c15-12-6-10(3-4-11(12)14(16,17)18)13(19)7-8-1-2-9(13)5-8/h3-4,6,8-9,19H,1-2,5,7H2. The van der Waals surface area contributed by atoms with Crippen LogP contribution in [0.2, 0.25) is 0 Å². The predicted octanol–water partition coefficient (Wildman–Crippen LogP) is 3.85. The maximum atomic E-state index is 13.6. The highest BCUT2D eigenvalue weighted by Crippen LogP contribution is 2.55. The second kappa shape index (κ2) is 3.95. The maximum absolute atomic E-state index is 13.6. The number of rotatable bonds is 1. The molecule has 3 atom stereocenters. The number of halogens is 4. The van der Waals surface area contributed by atoms with Gasteiger partial charge in [-0.3, -0.25) is 0 Å². The van der Waals surface area contributed by atoms with E-state index < -0.39 is 23.2 Å². The van der Waals surface area contributed by atoms with Crippen molar-refractivity contribution < 1.29 is 22.7 Å². The lowest BCUT2D eigenvalue weighted by atomic mass is 9.78. The summed E-state index contributed by atoms with van der Waals surface area (Å²) in [4.78, 5) is 0. The molecule has 2 saturated carbocycles. The molecule has 1 N–H and O–H groups in total. The van der Waals surface area contributed by atoms with Gasteiger partial charge in [0, 0.05) is 0 Å². The number of fused-ring (bicyclic) bond motifs is 2. The Labute approximate surface area is 108 Å². The second-order valence-electron chi connectivity index (χ2n) is 5.70. The van der Waals surface area contributed by atoms with Gasteiger partial charge in [0.2, 0.25) is 0 Å². The van der Waals surface area contributed by atoms with Crippen LogP contribution in [0.25, 0.3) is 0 Å². The van der Waals surface area contributed by atoms with E-state index in [4.69, 9.17) is 0 Å². The van der Waals surface area contributed by atoms with Crippen LogP contribution < -0.4 is 0 Å². The van der Waals surface area contributed by atoms with Gasteiger partial charge in [-0.05, 0) is 55.2 Å². The van der Waals surface area contributed by atoms with E-state index in [0.29, 0.717) is 12.3 Å². The Kier molecular flexibility index (Phi) is 2.68. The molecule has 2 aliphatic carbocycles. The Morgan fingerprint density at radius 2 is 1.95 bits per heavy atom.